The molecule has 1 unspecified atom stereocenters. The quantitative estimate of drug-likeness (QED) is 0.758. The summed E-state index contributed by atoms with van der Waals surface area (Å²) in [5.74, 6) is 0. The van der Waals surface area contributed by atoms with Gasteiger partial charge >= 0.3 is 0 Å². The van der Waals surface area contributed by atoms with E-state index in [2.05, 4.69) is 12.2 Å². The number of methoxy groups -OCH3 is 1. The van der Waals surface area contributed by atoms with Gasteiger partial charge in [-0.2, -0.15) is 0 Å². The smallest absolute Gasteiger partial charge is 0.0595 e. The molecule has 4 heteroatoms. The number of nitrogens with one attached hydrogen (secondary N) is 1. The fourth-order valence-corrected chi connectivity index (χ4v) is 2.10. The van der Waals surface area contributed by atoms with E-state index < -0.39 is 0 Å². The summed E-state index contributed by atoms with van der Waals surface area (Å²) in [6.07, 6.45) is 2.05. The van der Waals surface area contributed by atoms with Crippen LogP contribution in [0.15, 0.2) is 18.2 Å². The average molecular weight is 276 g/mol. The standard InChI is InChI=1S/C13H19Cl2NO/c1-3-16-13(5-4-8-17-2)10-6-7-11(14)12(15)9-10/h6-7,9,13,16H,3-5,8H2,1-2H3. The van der Waals surface area contributed by atoms with Crippen molar-refractivity contribution in [1.29, 1.82) is 0 Å². The van der Waals surface area contributed by atoms with Crippen molar-refractivity contribution in [2.45, 2.75) is 25.8 Å². The number of benzene rings is 1. The van der Waals surface area contributed by atoms with Crippen molar-refractivity contribution in [2.75, 3.05) is 20.3 Å². The highest BCUT2D eigenvalue weighted by Crippen LogP contribution is 2.27. The van der Waals surface area contributed by atoms with Crippen molar-refractivity contribution in [1.82, 2.24) is 5.32 Å². The molecule has 96 valence electrons. The monoisotopic (exact) mass is 275 g/mol. The maximum Gasteiger partial charge on any atom is 0.0595 e. The van der Waals surface area contributed by atoms with Crippen LogP contribution in [0.5, 0.6) is 0 Å². The van der Waals surface area contributed by atoms with Crippen molar-refractivity contribution >= 4 is 23.2 Å². The molecule has 0 spiro atoms. The van der Waals surface area contributed by atoms with E-state index >= 15 is 0 Å². The summed E-state index contributed by atoms with van der Waals surface area (Å²) in [6, 6.07) is 6.11. The van der Waals surface area contributed by atoms with Gasteiger partial charge in [0.05, 0.1) is 10.0 Å². The van der Waals surface area contributed by atoms with Crippen LogP contribution >= 0.6 is 23.2 Å². The molecule has 1 aromatic rings. The Morgan fingerprint density at radius 3 is 2.65 bits per heavy atom. The summed E-state index contributed by atoms with van der Waals surface area (Å²) in [4.78, 5) is 0. The molecule has 0 radical (unpaired) electrons. The second-order valence-corrected chi connectivity index (χ2v) is 4.73. The molecule has 0 aliphatic heterocycles. The van der Waals surface area contributed by atoms with Gasteiger partial charge in [-0.1, -0.05) is 36.2 Å². The predicted molar refractivity (Wildman–Crippen MR) is 74.0 cm³/mol. The second-order valence-electron chi connectivity index (χ2n) is 3.92. The molecule has 0 fully saturated rings. The van der Waals surface area contributed by atoms with Crippen molar-refractivity contribution in [3.8, 4) is 0 Å². The van der Waals surface area contributed by atoms with Crippen LogP contribution in [0.25, 0.3) is 0 Å². The Balaban J connectivity index is 2.70. The van der Waals surface area contributed by atoms with Crippen LogP contribution < -0.4 is 5.32 Å². The van der Waals surface area contributed by atoms with Crippen LogP contribution in [0.2, 0.25) is 10.0 Å². The first-order chi connectivity index (χ1) is 8.19. The Morgan fingerprint density at radius 2 is 2.06 bits per heavy atom. The van der Waals surface area contributed by atoms with Gasteiger partial charge in [-0.05, 0) is 37.1 Å². The number of halogens is 2. The molecule has 0 heterocycles. The summed E-state index contributed by atoms with van der Waals surface area (Å²) in [5.41, 5.74) is 1.18. The number of rotatable bonds is 7. The molecule has 0 aliphatic carbocycles. The molecule has 1 N–H and O–H groups in total. The van der Waals surface area contributed by atoms with Crippen LogP contribution in [0.1, 0.15) is 31.4 Å². The third kappa shape index (κ3) is 4.84. The Bertz CT molecular complexity index is 344. The lowest BCUT2D eigenvalue weighted by Gasteiger charge is -2.18. The summed E-state index contributed by atoms with van der Waals surface area (Å²) >= 11 is 12.0. The van der Waals surface area contributed by atoms with E-state index in [1.807, 2.05) is 18.2 Å². The lowest BCUT2D eigenvalue weighted by molar-refractivity contribution is 0.189. The van der Waals surface area contributed by atoms with Gasteiger partial charge in [-0.15, -0.1) is 0 Å². The summed E-state index contributed by atoms with van der Waals surface area (Å²) in [6.45, 7) is 3.81. The largest absolute Gasteiger partial charge is 0.385 e. The van der Waals surface area contributed by atoms with Gasteiger partial charge in [-0.25, -0.2) is 0 Å². The highest BCUT2D eigenvalue weighted by molar-refractivity contribution is 6.42. The normalized spacial score (nSPS) is 12.7. The molecule has 1 rings (SSSR count). The van der Waals surface area contributed by atoms with E-state index in [0.29, 0.717) is 16.1 Å². The molecule has 1 aromatic carbocycles. The first-order valence-electron chi connectivity index (χ1n) is 5.86. The van der Waals surface area contributed by atoms with E-state index in [9.17, 15) is 0 Å². The van der Waals surface area contributed by atoms with Gasteiger partial charge < -0.3 is 10.1 Å². The summed E-state index contributed by atoms with van der Waals surface area (Å²) < 4.78 is 5.07. The van der Waals surface area contributed by atoms with E-state index in [0.717, 1.165) is 26.0 Å². The van der Waals surface area contributed by atoms with Gasteiger partial charge in [0.15, 0.2) is 0 Å². The van der Waals surface area contributed by atoms with E-state index in [1.165, 1.54) is 5.56 Å². The molecule has 0 saturated heterocycles. The van der Waals surface area contributed by atoms with Crippen LogP contribution in [0, 0.1) is 0 Å². The van der Waals surface area contributed by atoms with Gasteiger partial charge in [-0.3, -0.25) is 0 Å². The van der Waals surface area contributed by atoms with Gasteiger partial charge in [0.1, 0.15) is 0 Å². The molecule has 0 saturated carbocycles. The van der Waals surface area contributed by atoms with Crippen LogP contribution in [0.3, 0.4) is 0 Å². The Morgan fingerprint density at radius 1 is 1.29 bits per heavy atom. The Kier molecular flexibility index (Phi) is 6.90. The molecule has 0 aliphatic rings. The Hall–Kier alpha value is -0.280. The summed E-state index contributed by atoms with van der Waals surface area (Å²) in [5, 5.41) is 4.66. The zero-order valence-corrected chi connectivity index (χ0v) is 11.8. The molecule has 0 bridgehead atoms. The van der Waals surface area contributed by atoms with Crippen molar-refractivity contribution < 1.29 is 4.74 Å². The zero-order valence-electron chi connectivity index (χ0n) is 10.3. The first-order valence-corrected chi connectivity index (χ1v) is 6.62. The van der Waals surface area contributed by atoms with Crippen molar-refractivity contribution in [3.63, 3.8) is 0 Å². The topological polar surface area (TPSA) is 21.3 Å². The zero-order chi connectivity index (χ0) is 12.7. The fourth-order valence-electron chi connectivity index (χ4n) is 1.79. The average Bonchev–Trinajstić information content (AvgIpc) is 2.32. The minimum Gasteiger partial charge on any atom is -0.385 e. The van der Waals surface area contributed by atoms with E-state index in [1.54, 1.807) is 7.11 Å². The molecule has 0 aromatic heterocycles. The number of hydrogen-bond acceptors (Lipinski definition) is 2. The van der Waals surface area contributed by atoms with Gasteiger partial charge in [0, 0.05) is 19.8 Å². The van der Waals surface area contributed by atoms with Crippen LogP contribution in [-0.2, 0) is 4.74 Å². The highest BCUT2D eigenvalue weighted by atomic mass is 35.5. The predicted octanol–water partition coefficient (Wildman–Crippen LogP) is 4.07. The lowest BCUT2D eigenvalue weighted by Crippen LogP contribution is -2.21. The van der Waals surface area contributed by atoms with E-state index in [4.69, 9.17) is 27.9 Å². The summed E-state index contributed by atoms with van der Waals surface area (Å²) in [7, 11) is 1.72. The number of hydrogen-bond donors (Lipinski definition) is 1. The number of ether oxygens (including phenoxy) is 1. The minimum absolute atomic E-state index is 0.310. The second kappa shape index (κ2) is 7.93. The molecule has 0 amide bonds. The lowest BCUT2D eigenvalue weighted by atomic mass is 10.0. The molecular formula is C13H19Cl2NO. The maximum atomic E-state index is 6.03. The SMILES string of the molecule is CCNC(CCCOC)c1ccc(Cl)c(Cl)c1. The molecule has 1 atom stereocenters. The Labute approximate surface area is 113 Å². The third-order valence-electron chi connectivity index (χ3n) is 2.64. The molecular weight excluding hydrogens is 257 g/mol. The molecule has 17 heavy (non-hydrogen) atoms. The van der Waals surface area contributed by atoms with Gasteiger partial charge in [0.2, 0.25) is 0 Å². The third-order valence-corrected chi connectivity index (χ3v) is 3.38. The molecule has 2 nitrogen and oxygen atoms in total. The van der Waals surface area contributed by atoms with Crippen LogP contribution in [-0.4, -0.2) is 20.3 Å². The fraction of sp³-hybridized carbons (Fsp3) is 0.538. The minimum atomic E-state index is 0.310. The van der Waals surface area contributed by atoms with Crippen LogP contribution in [0.4, 0.5) is 0 Å². The van der Waals surface area contributed by atoms with E-state index in [-0.39, 0.29) is 0 Å². The highest BCUT2D eigenvalue weighted by Gasteiger charge is 2.11. The van der Waals surface area contributed by atoms with Gasteiger partial charge in [0.25, 0.3) is 0 Å². The maximum absolute atomic E-state index is 6.03. The van der Waals surface area contributed by atoms with Crippen molar-refractivity contribution in [2.24, 2.45) is 0 Å². The first kappa shape index (κ1) is 14.8. The van der Waals surface area contributed by atoms with Crippen molar-refractivity contribution in [3.05, 3.63) is 33.8 Å².